The van der Waals surface area contributed by atoms with Crippen molar-refractivity contribution in [2.75, 3.05) is 40.5 Å². The monoisotopic (exact) mass is 295 g/mol. The molecule has 0 heterocycles. The van der Waals surface area contributed by atoms with Crippen LogP contribution in [0.1, 0.15) is 25.0 Å². The molecule has 120 valence electrons. The van der Waals surface area contributed by atoms with Gasteiger partial charge >= 0.3 is 0 Å². The summed E-state index contributed by atoms with van der Waals surface area (Å²) in [4.78, 5) is 0. The third-order valence-electron chi connectivity index (χ3n) is 3.33. The van der Waals surface area contributed by atoms with Crippen molar-refractivity contribution in [1.82, 2.24) is 5.32 Å². The summed E-state index contributed by atoms with van der Waals surface area (Å²) in [6.07, 6.45) is 0.885. The molecule has 0 unspecified atom stereocenters. The Balaban J connectivity index is 2.35. The van der Waals surface area contributed by atoms with Crippen LogP contribution >= 0.6 is 0 Å². The molecule has 21 heavy (non-hydrogen) atoms. The number of nitrogens with one attached hydrogen (secondary N) is 1. The average molecular weight is 295 g/mol. The van der Waals surface area contributed by atoms with Crippen LogP contribution in [0.3, 0.4) is 0 Å². The van der Waals surface area contributed by atoms with Crippen LogP contribution in [0.5, 0.6) is 11.5 Å². The van der Waals surface area contributed by atoms with E-state index in [1.165, 1.54) is 11.1 Å². The van der Waals surface area contributed by atoms with Gasteiger partial charge in [-0.25, -0.2) is 0 Å². The molecule has 1 aromatic carbocycles. The Labute approximate surface area is 128 Å². The van der Waals surface area contributed by atoms with Crippen molar-refractivity contribution < 1.29 is 14.2 Å². The molecule has 0 spiro atoms. The smallest absolute Gasteiger partial charge is 0.161 e. The van der Waals surface area contributed by atoms with Gasteiger partial charge in [-0.1, -0.05) is 13.8 Å². The van der Waals surface area contributed by atoms with Crippen molar-refractivity contribution in [3.8, 4) is 11.5 Å². The van der Waals surface area contributed by atoms with Gasteiger partial charge in [0, 0.05) is 6.54 Å². The van der Waals surface area contributed by atoms with E-state index in [4.69, 9.17) is 14.2 Å². The summed E-state index contributed by atoms with van der Waals surface area (Å²) in [6, 6.07) is 4.05. The summed E-state index contributed by atoms with van der Waals surface area (Å²) in [5.74, 6) is 2.23. The van der Waals surface area contributed by atoms with Crippen LogP contribution in [0, 0.1) is 12.8 Å². The highest BCUT2D eigenvalue weighted by Gasteiger charge is 2.08. The second-order valence-corrected chi connectivity index (χ2v) is 5.59. The second-order valence-electron chi connectivity index (χ2n) is 5.59. The lowest BCUT2D eigenvalue weighted by atomic mass is 10.1. The molecule has 0 aliphatic heterocycles. The Kier molecular flexibility index (Phi) is 8.16. The Morgan fingerprint density at radius 3 is 2.33 bits per heavy atom. The van der Waals surface area contributed by atoms with E-state index in [-0.39, 0.29) is 0 Å². The van der Waals surface area contributed by atoms with Gasteiger partial charge in [0.15, 0.2) is 11.5 Å². The SMILES string of the molecule is COc1cc(C)c(CCOCCNCC(C)C)cc1OC. The van der Waals surface area contributed by atoms with Gasteiger partial charge < -0.3 is 19.5 Å². The molecule has 0 aromatic heterocycles. The Morgan fingerprint density at radius 1 is 1.05 bits per heavy atom. The van der Waals surface area contributed by atoms with E-state index in [0.29, 0.717) is 5.92 Å². The van der Waals surface area contributed by atoms with E-state index in [1.54, 1.807) is 14.2 Å². The second kappa shape index (κ2) is 9.64. The highest BCUT2D eigenvalue weighted by Crippen LogP contribution is 2.30. The molecular formula is C17H29NO3. The lowest BCUT2D eigenvalue weighted by Crippen LogP contribution is -2.24. The summed E-state index contributed by atoms with van der Waals surface area (Å²) in [5.41, 5.74) is 2.44. The minimum atomic E-state index is 0.680. The standard InChI is InChI=1S/C17H29NO3/c1-13(2)12-18-7-9-21-8-6-15-11-17(20-5)16(19-4)10-14(15)3/h10-11,13,18H,6-9,12H2,1-5H3. The normalized spacial score (nSPS) is 11.0. The molecule has 1 rings (SSSR count). The first-order valence-corrected chi connectivity index (χ1v) is 7.58. The van der Waals surface area contributed by atoms with Gasteiger partial charge in [0.1, 0.15) is 0 Å². The van der Waals surface area contributed by atoms with E-state index in [2.05, 4.69) is 26.1 Å². The zero-order chi connectivity index (χ0) is 15.7. The maximum absolute atomic E-state index is 5.67. The maximum atomic E-state index is 5.67. The Bertz CT molecular complexity index is 419. The third-order valence-corrected chi connectivity index (χ3v) is 3.33. The molecule has 4 heteroatoms. The fourth-order valence-electron chi connectivity index (χ4n) is 2.11. The first-order valence-electron chi connectivity index (χ1n) is 7.58. The first-order chi connectivity index (χ1) is 10.1. The van der Waals surface area contributed by atoms with E-state index in [0.717, 1.165) is 44.2 Å². The molecule has 0 fully saturated rings. The van der Waals surface area contributed by atoms with Crippen LogP contribution in [0.25, 0.3) is 0 Å². The number of benzene rings is 1. The lowest BCUT2D eigenvalue weighted by molar-refractivity contribution is 0.138. The molecular weight excluding hydrogens is 266 g/mol. The highest BCUT2D eigenvalue weighted by atomic mass is 16.5. The number of aryl methyl sites for hydroxylation is 1. The molecule has 0 radical (unpaired) electrons. The van der Waals surface area contributed by atoms with Crippen molar-refractivity contribution in [3.05, 3.63) is 23.3 Å². The average Bonchev–Trinajstić information content (AvgIpc) is 2.46. The summed E-state index contributed by atoms with van der Waals surface area (Å²) < 4.78 is 16.3. The molecule has 0 aliphatic rings. The van der Waals surface area contributed by atoms with Crippen LogP contribution in [0.15, 0.2) is 12.1 Å². The zero-order valence-electron chi connectivity index (χ0n) is 14.0. The van der Waals surface area contributed by atoms with E-state index in [1.807, 2.05) is 12.1 Å². The van der Waals surface area contributed by atoms with Gasteiger partial charge in [-0.2, -0.15) is 0 Å². The summed E-state index contributed by atoms with van der Waals surface area (Å²) >= 11 is 0. The van der Waals surface area contributed by atoms with Crippen LogP contribution in [-0.2, 0) is 11.2 Å². The van der Waals surface area contributed by atoms with Crippen LogP contribution in [-0.4, -0.2) is 40.5 Å². The fraction of sp³-hybridized carbons (Fsp3) is 0.647. The van der Waals surface area contributed by atoms with Gasteiger partial charge in [-0.3, -0.25) is 0 Å². The number of ether oxygens (including phenoxy) is 3. The molecule has 0 aliphatic carbocycles. The maximum Gasteiger partial charge on any atom is 0.161 e. The van der Waals surface area contributed by atoms with Gasteiger partial charge in [-0.15, -0.1) is 0 Å². The van der Waals surface area contributed by atoms with Crippen LogP contribution in [0.4, 0.5) is 0 Å². The number of hydrogen-bond acceptors (Lipinski definition) is 4. The third kappa shape index (κ3) is 6.36. The summed E-state index contributed by atoms with van der Waals surface area (Å²) in [5, 5.41) is 3.37. The van der Waals surface area contributed by atoms with E-state index < -0.39 is 0 Å². The highest BCUT2D eigenvalue weighted by molar-refractivity contribution is 5.47. The van der Waals surface area contributed by atoms with Gasteiger partial charge in [-0.05, 0) is 49.1 Å². The molecule has 0 bridgehead atoms. The number of methoxy groups -OCH3 is 2. The topological polar surface area (TPSA) is 39.7 Å². The van der Waals surface area contributed by atoms with E-state index >= 15 is 0 Å². The van der Waals surface area contributed by atoms with Crippen LogP contribution < -0.4 is 14.8 Å². The Hall–Kier alpha value is -1.26. The molecule has 1 aromatic rings. The number of hydrogen-bond donors (Lipinski definition) is 1. The molecule has 4 nitrogen and oxygen atoms in total. The predicted molar refractivity (Wildman–Crippen MR) is 86.5 cm³/mol. The molecule has 0 amide bonds. The molecule has 0 saturated heterocycles. The summed E-state index contributed by atoms with van der Waals surface area (Å²) in [7, 11) is 3.32. The quantitative estimate of drug-likeness (QED) is 0.674. The minimum absolute atomic E-state index is 0.680. The van der Waals surface area contributed by atoms with Gasteiger partial charge in [0.25, 0.3) is 0 Å². The largest absolute Gasteiger partial charge is 0.493 e. The van der Waals surface area contributed by atoms with Crippen molar-refractivity contribution in [2.24, 2.45) is 5.92 Å². The van der Waals surface area contributed by atoms with Crippen molar-refractivity contribution in [1.29, 1.82) is 0 Å². The molecule has 0 saturated carbocycles. The minimum Gasteiger partial charge on any atom is -0.493 e. The van der Waals surface area contributed by atoms with Crippen LogP contribution in [0.2, 0.25) is 0 Å². The van der Waals surface area contributed by atoms with Gasteiger partial charge in [0.2, 0.25) is 0 Å². The van der Waals surface area contributed by atoms with Gasteiger partial charge in [0.05, 0.1) is 27.4 Å². The van der Waals surface area contributed by atoms with Crippen molar-refractivity contribution >= 4 is 0 Å². The number of rotatable bonds is 10. The van der Waals surface area contributed by atoms with E-state index in [9.17, 15) is 0 Å². The summed E-state index contributed by atoms with van der Waals surface area (Å²) in [6.45, 7) is 9.91. The lowest BCUT2D eigenvalue weighted by Gasteiger charge is -2.13. The Morgan fingerprint density at radius 2 is 1.71 bits per heavy atom. The molecule has 1 N–H and O–H groups in total. The first kappa shape index (κ1) is 17.8. The molecule has 0 atom stereocenters. The zero-order valence-corrected chi connectivity index (χ0v) is 14.0. The van der Waals surface area contributed by atoms with Crippen molar-refractivity contribution in [2.45, 2.75) is 27.2 Å². The van der Waals surface area contributed by atoms with Crippen molar-refractivity contribution in [3.63, 3.8) is 0 Å². The predicted octanol–water partition coefficient (Wildman–Crippen LogP) is 2.82. The fourth-order valence-corrected chi connectivity index (χ4v) is 2.11.